The van der Waals surface area contributed by atoms with Crippen LogP contribution in [0, 0.1) is 0 Å². The zero-order valence-electron chi connectivity index (χ0n) is 12.6. The summed E-state index contributed by atoms with van der Waals surface area (Å²) in [4.78, 5) is 16.6. The van der Waals surface area contributed by atoms with E-state index in [1.54, 1.807) is 11.3 Å². The van der Waals surface area contributed by atoms with E-state index >= 15 is 0 Å². The van der Waals surface area contributed by atoms with Gasteiger partial charge in [-0.1, -0.05) is 20.8 Å². The van der Waals surface area contributed by atoms with Crippen LogP contribution >= 0.6 is 11.3 Å². The average Bonchev–Trinajstić information content (AvgIpc) is 2.80. The Labute approximate surface area is 125 Å². The van der Waals surface area contributed by atoms with Crippen molar-refractivity contribution in [1.82, 2.24) is 10.3 Å². The molecule has 1 aliphatic carbocycles. The van der Waals surface area contributed by atoms with Crippen molar-refractivity contribution in [2.45, 2.75) is 70.4 Å². The van der Waals surface area contributed by atoms with Crippen LogP contribution in [0.2, 0.25) is 0 Å². The summed E-state index contributed by atoms with van der Waals surface area (Å²) in [5, 5.41) is 6.19. The Morgan fingerprint density at radius 2 is 2.05 bits per heavy atom. The molecule has 112 valence electrons. The Bertz CT molecular complexity index is 456. The molecule has 20 heavy (non-hydrogen) atoms. The standard InChI is InChI=1S/C15H25N3OS/c1-15(2,3)14-18-12(9-20-14)8-13(19)17-11-6-4-10(16)5-7-11/h9-11H,4-8,16H2,1-3H3,(H,17,19). The molecule has 1 fully saturated rings. The molecule has 1 amide bonds. The van der Waals surface area contributed by atoms with Gasteiger partial charge in [0, 0.05) is 22.9 Å². The highest BCUT2D eigenvalue weighted by Gasteiger charge is 2.21. The summed E-state index contributed by atoms with van der Waals surface area (Å²) in [5.74, 6) is 0.0798. The Morgan fingerprint density at radius 1 is 1.40 bits per heavy atom. The fourth-order valence-corrected chi connectivity index (χ4v) is 3.35. The minimum Gasteiger partial charge on any atom is -0.353 e. The lowest BCUT2D eigenvalue weighted by Crippen LogP contribution is -2.41. The van der Waals surface area contributed by atoms with Crippen molar-refractivity contribution < 1.29 is 4.79 Å². The lowest BCUT2D eigenvalue weighted by atomic mass is 9.92. The monoisotopic (exact) mass is 295 g/mol. The lowest BCUT2D eigenvalue weighted by Gasteiger charge is -2.26. The number of thiazole rings is 1. The van der Waals surface area contributed by atoms with Crippen LogP contribution in [0.25, 0.3) is 0 Å². The molecule has 1 aromatic rings. The second kappa shape index (κ2) is 6.22. The minimum absolute atomic E-state index is 0.0545. The molecular weight excluding hydrogens is 270 g/mol. The van der Waals surface area contributed by atoms with Crippen LogP contribution in [0.3, 0.4) is 0 Å². The van der Waals surface area contributed by atoms with Crippen LogP contribution in [0.15, 0.2) is 5.38 Å². The second-order valence-corrected chi connectivity index (χ2v) is 7.61. The molecule has 3 N–H and O–H groups in total. The highest BCUT2D eigenvalue weighted by Crippen LogP contribution is 2.25. The summed E-state index contributed by atoms with van der Waals surface area (Å²) in [6.07, 6.45) is 4.40. The summed E-state index contributed by atoms with van der Waals surface area (Å²) in [6.45, 7) is 6.42. The Kier molecular flexibility index (Phi) is 4.81. The van der Waals surface area contributed by atoms with Crippen LogP contribution in [-0.4, -0.2) is 23.0 Å². The van der Waals surface area contributed by atoms with Gasteiger partial charge in [-0.05, 0) is 25.7 Å². The molecule has 0 unspecified atom stereocenters. The first-order chi connectivity index (χ1) is 9.34. The van der Waals surface area contributed by atoms with Gasteiger partial charge in [-0.25, -0.2) is 4.98 Å². The van der Waals surface area contributed by atoms with E-state index in [0.29, 0.717) is 18.5 Å². The van der Waals surface area contributed by atoms with E-state index in [1.807, 2.05) is 5.38 Å². The summed E-state index contributed by atoms with van der Waals surface area (Å²) in [5.41, 5.74) is 6.81. The number of amides is 1. The van der Waals surface area contributed by atoms with E-state index in [0.717, 1.165) is 36.4 Å². The molecule has 1 aromatic heterocycles. The Morgan fingerprint density at radius 3 is 2.60 bits per heavy atom. The van der Waals surface area contributed by atoms with Gasteiger partial charge in [-0.2, -0.15) is 0 Å². The highest BCUT2D eigenvalue weighted by molar-refractivity contribution is 7.09. The summed E-state index contributed by atoms with van der Waals surface area (Å²) < 4.78 is 0. The molecule has 0 atom stereocenters. The van der Waals surface area contributed by atoms with E-state index in [1.165, 1.54) is 0 Å². The number of hydrogen-bond acceptors (Lipinski definition) is 4. The molecule has 0 aliphatic heterocycles. The summed E-state index contributed by atoms with van der Waals surface area (Å²) in [7, 11) is 0. The van der Waals surface area contributed by atoms with Gasteiger partial charge in [0.25, 0.3) is 0 Å². The first kappa shape index (κ1) is 15.4. The van der Waals surface area contributed by atoms with E-state index < -0.39 is 0 Å². The molecule has 4 nitrogen and oxygen atoms in total. The van der Waals surface area contributed by atoms with Gasteiger partial charge in [0.15, 0.2) is 0 Å². The number of carbonyl (C=O) groups excluding carboxylic acids is 1. The molecule has 1 saturated carbocycles. The number of nitrogens with two attached hydrogens (primary N) is 1. The van der Waals surface area contributed by atoms with Crippen LogP contribution in [0.4, 0.5) is 0 Å². The Balaban J connectivity index is 1.84. The molecule has 0 spiro atoms. The van der Waals surface area contributed by atoms with Gasteiger partial charge in [0.1, 0.15) is 0 Å². The summed E-state index contributed by atoms with van der Waals surface area (Å²) in [6, 6.07) is 0.610. The Hall–Kier alpha value is -0.940. The van der Waals surface area contributed by atoms with E-state index in [9.17, 15) is 4.79 Å². The molecular formula is C15H25N3OS. The van der Waals surface area contributed by atoms with E-state index in [4.69, 9.17) is 5.73 Å². The molecule has 0 saturated heterocycles. The maximum absolute atomic E-state index is 12.0. The normalized spacial score (nSPS) is 23.6. The van der Waals surface area contributed by atoms with Gasteiger partial charge in [0.2, 0.25) is 5.91 Å². The van der Waals surface area contributed by atoms with Crippen LogP contribution in [0.5, 0.6) is 0 Å². The molecule has 0 aromatic carbocycles. The number of nitrogens with zero attached hydrogens (tertiary/aromatic N) is 1. The molecule has 0 radical (unpaired) electrons. The van der Waals surface area contributed by atoms with Crippen molar-refractivity contribution in [1.29, 1.82) is 0 Å². The van der Waals surface area contributed by atoms with Crippen LogP contribution in [0.1, 0.15) is 57.2 Å². The van der Waals surface area contributed by atoms with Crippen LogP contribution < -0.4 is 11.1 Å². The molecule has 0 bridgehead atoms. The third-order valence-electron chi connectivity index (χ3n) is 3.67. The minimum atomic E-state index is 0.0545. The SMILES string of the molecule is CC(C)(C)c1nc(CC(=O)NC2CCC(N)CC2)cs1. The number of rotatable bonds is 3. The van der Waals surface area contributed by atoms with Crippen molar-refractivity contribution in [2.24, 2.45) is 5.73 Å². The third kappa shape index (κ3) is 4.28. The van der Waals surface area contributed by atoms with Crippen LogP contribution in [-0.2, 0) is 16.6 Å². The first-order valence-electron chi connectivity index (χ1n) is 7.34. The molecule has 2 rings (SSSR count). The zero-order valence-corrected chi connectivity index (χ0v) is 13.4. The third-order valence-corrected chi connectivity index (χ3v) is 4.99. The fraction of sp³-hybridized carbons (Fsp3) is 0.733. The molecule has 1 aliphatic rings. The highest BCUT2D eigenvalue weighted by atomic mass is 32.1. The van der Waals surface area contributed by atoms with Gasteiger partial charge < -0.3 is 11.1 Å². The average molecular weight is 295 g/mol. The predicted octanol–water partition coefficient (Wildman–Crippen LogP) is 2.37. The van der Waals surface area contributed by atoms with Crippen molar-refractivity contribution in [2.75, 3.05) is 0 Å². The van der Waals surface area contributed by atoms with Gasteiger partial charge in [-0.15, -0.1) is 11.3 Å². The van der Waals surface area contributed by atoms with Crippen molar-refractivity contribution in [3.8, 4) is 0 Å². The maximum Gasteiger partial charge on any atom is 0.226 e. The molecule has 1 heterocycles. The van der Waals surface area contributed by atoms with E-state index in [-0.39, 0.29) is 11.3 Å². The number of hydrogen-bond donors (Lipinski definition) is 2. The first-order valence-corrected chi connectivity index (χ1v) is 8.22. The van der Waals surface area contributed by atoms with E-state index in [2.05, 4.69) is 31.1 Å². The van der Waals surface area contributed by atoms with Crippen molar-refractivity contribution in [3.63, 3.8) is 0 Å². The van der Waals surface area contributed by atoms with Crippen molar-refractivity contribution in [3.05, 3.63) is 16.1 Å². The second-order valence-electron chi connectivity index (χ2n) is 6.75. The lowest BCUT2D eigenvalue weighted by molar-refractivity contribution is -0.121. The van der Waals surface area contributed by atoms with Crippen molar-refractivity contribution >= 4 is 17.2 Å². The predicted molar refractivity (Wildman–Crippen MR) is 82.9 cm³/mol. The van der Waals surface area contributed by atoms with Gasteiger partial charge in [-0.3, -0.25) is 4.79 Å². The van der Waals surface area contributed by atoms with Gasteiger partial charge >= 0.3 is 0 Å². The largest absolute Gasteiger partial charge is 0.353 e. The summed E-state index contributed by atoms with van der Waals surface area (Å²) >= 11 is 1.64. The number of nitrogens with one attached hydrogen (secondary N) is 1. The van der Waals surface area contributed by atoms with Gasteiger partial charge in [0.05, 0.1) is 17.1 Å². The quantitative estimate of drug-likeness (QED) is 0.899. The maximum atomic E-state index is 12.0. The fourth-order valence-electron chi connectivity index (χ4n) is 2.44. The smallest absolute Gasteiger partial charge is 0.226 e. The topological polar surface area (TPSA) is 68.0 Å². The number of aromatic nitrogens is 1. The molecule has 5 heteroatoms. The number of carbonyl (C=O) groups is 1. The zero-order chi connectivity index (χ0) is 14.8.